The fourth-order valence-corrected chi connectivity index (χ4v) is 6.40. The predicted octanol–water partition coefficient (Wildman–Crippen LogP) is 7.90. The third-order valence-electron chi connectivity index (χ3n) is 7.23. The van der Waals surface area contributed by atoms with Gasteiger partial charge < -0.3 is 18.9 Å². The van der Waals surface area contributed by atoms with Crippen molar-refractivity contribution in [1.82, 2.24) is 0 Å². The Morgan fingerprint density at radius 1 is 0.550 bits per heavy atom. The van der Waals surface area contributed by atoms with E-state index in [4.69, 9.17) is 18.9 Å². The summed E-state index contributed by atoms with van der Waals surface area (Å²) in [7, 11) is 0. The van der Waals surface area contributed by atoms with E-state index in [1.807, 2.05) is 54.6 Å². The molecule has 4 nitrogen and oxygen atoms in total. The minimum atomic E-state index is -0.357. The molecule has 0 spiro atoms. The Kier molecular flexibility index (Phi) is 10.1. The number of ether oxygens (including phenoxy) is 4. The number of hydrogen-bond donors (Lipinski definition) is 0. The van der Waals surface area contributed by atoms with E-state index in [0.717, 1.165) is 16.7 Å². The monoisotopic (exact) mass is 554 g/mol. The van der Waals surface area contributed by atoms with Gasteiger partial charge in [0, 0.05) is 4.90 Å². The van der Waals surface area contributed by atoms with E-state index >= 15 is 0 Å². The lowest BCUT2D eigenvalue weighted by Crippen LogP contribution is -2.58. The van der Waals surface area contributed by atoms with Gasteiger partial charge in [-0.1, -0.05) is 121 Å². The van der Waals surface area contributed by atoms with Crippen LogP contribution in [0, 0.1) is 13.8 Å². The fourth-order valence-electron chi connectivity index (χ4n) is 5.06. The summed E-state index contributed by atoms with van der Waals surface area (Å²) >= 11 is 1.72. The molecule has 0 unspecified atom stereocenters. The van der Waals surface area contributed by atoms with Crippen LogP contribution in [0.5, 0.6) is 0 Å². The maximum absolute atomic E-state index is 6.73. The lowest BCUT2D eigenvalue weighted by atomic mass is 9.99. The average Bonchev–Trinajstić information content (AvgIpc) is 2.98. The van der Waals surface area contributed by atoms with Crippen LogP contribution in [-0.2, 0) is 38.8 Å². The van der Waals surface area contributed by atoms with Gasteiger partial charge in [0.05, 0.1) is 25.9 Å². The van der Waals surface area contributed by atoms with Gasteiger partial charge in [-0.15, -0.1) is 0 Å². The normalized spacial score (nSPS) is 22.7. The molecule has 5 heteroatoms. The van der Waals surface area contributed by atoms with Gasteiger partial charge in [0.25, 0.3) is 0 Å². The molecule has 1 aliphatic rings. The quantitative estimate of drug-likeness (QED) is 0.188. The topological polar surface area (TPSA) is 36.9 Å². The minimum absolute atomic E-state index is 0.192. The van der Waals surface area contributed by atoms with E-state index in [9.17, 15) is 0 Å². The molecular formula is C35H38O4S. The van der Waals surface area contributed by atoms with Crippen molar-refractivity contribution < 1.29 is 18.9 Å². The summed E-state index contributed by atoms with van der Waals surface area (Å²) in [6.45, 7) is 7.79. The molecule has 0 saturated carbocycles. The maximum Gasteiger partial charge on any atom is 0.136 e. The van der Waals surface area contributed by atoms with E-state index < -0.39 is 0 Å². The lowest BCUT2D eigenvalue weighted by Gasteiger charge is -2.45. The Morgan fingerprint density at radius 2 is 0.975 bits per heavy atom. The number of thioether (sulfide) groups is 1. The molecule has 0 bridgehead atoms. The highest BCUT2D eigenvalue weighted by atomic mass is 32.2. The van der Waals surface area contributed by atoms with Gasteiger partial charge in [-0.25, -0.2) is 0 Å². The van der Waals surface area contributed by atoms with Crippen LogP contribution in [0.25, 0.3) is 0 Å². The van der Waals surface area contributed by atoms with Crippen LogP contribution < -0.4 is 0 Å². The van der Waals surface area contributed by atoms with E-state index in [1.165, 1.54) is 16.0 Å². The smallest absolute Gasteiger partial charge is 0.136 e. The first-order valence-electron chi connectivity index (χ1n) is 13.9. The van der Waals surface area contributed by atoms with Gasteiger partial charge >= 0.3 is 0 Å². The summed E-state index contributed by atoms with van der Waals surface area (Å²) in [4.78, 5) is 1.22. The highest BCUT2D eigenvalue weighted by molar-refractivity contribution is 8.00. The second-order valence-corrected chi connectivity index (χ2v) is 11.4. The van der Waals surface area contributed by atoms with Crippen molar-refractivity contribution in [2.75, 3.05) is 0 Å². The van der Waals surface area contributed by atoms with Crippen molar-refractivity contribution in [3.8, 4) is 0 Å². The molecule has 4 aromatic rings. The van der Waals surface area contributed by atoms with E-state index in [0.29, 0.717) is 19.8 Å². The summed E-state index contributed by atoms with van der Waals surface area (Å²) in [6, 6.07) is 37.2. The molecule has 5 atom stereocenters. The fraction of sp³-hybridized carbons (Fsp3) is 0.314. The van der Waals surface area contributed by atoms with E-state index in [2.05, 4.69) is 75.4 Å². The number of aryl methyl sites for hydroxylation is 2. The number of benzene rings is 4. The van der Waals surface area contributed by atoms with Crippen molar-refractivity contribution in [3.05, 3.63) is 137 Å². The summed E-state index contributed by atoms with van der Waals surface area (Å²) in [5.41, 5.74) is 5.53. The predicted molar refractivity (Wildman–Crippen MR) is 161 cm³/mol. The molecule has 4 aromatic carbocycles. The van der Waals surface area contributed by atoms with Gasteiger partial charge in [-0.3, -0.25) is 0 Å². The van der Waals surface area contributed by atoms with Gasteiger partial charge in [0.2, 0.25) is 0 Å². The van der Waals surface area contributed by atoms with Gasteiger partial charge in [-0.05, 0) is 48.6 Å². The molecule has 40 heavy (non-hydrogen) atoms. The van der Waals surface area contributed by atoms with Crippen LogP contribution >= 0.6 is 11.8 Å². The standard InChI is InChI=1S/C35H38O4S/c1-25-14-13-15-26(2)34(25)40-35-33(38-24-30-20-11-6-12-21-30)32(37-23-29-18-9-5-10-19-29)31(27(3)39-35)36-22-28-16-7-4-8-17-28/h4-21,27,31-33,35H,22-24H2,1-3H3/t27-,31+,32+,33-,35+/m0/s1. The highest BCUT2D eigenvalue weighted by Gasteiger charge is 2.47. The molecule has 0 aromatic heterocycles. The van der Waals surface area contributed by atoms with Gasteiger partial charge in [0.15, 0.2) is 0 Å². The SMILES string of the molecule is Cc1cccc(C)c1S[C@H]1O[C@@H](C)[C@@H](OCc2ccccc2)[C@@H](OCc2ccccc2)[C@@H]1OCc1ccccc1. The van der Waals surface area contributed by atoms with Crippen LogP contribution in [0.3, 0.4) is 0 Å². The second-order valence-electron chi connectivity index (χ2n) is 10.3. The molecule has 0 amide bonds. The molecule has 208 valence electrons. The Hall–Kier alpha value is -2.93. The Balaban J connectivity index is 1.45. The van der Waals surface area contributed by atoms with Crippen LogP contribution in [0.1, 0.15) is 34.7 Å². The lowest BCUT2D eigenvalue weighted by molar-refractivity contribution is -0.242. The summed E-state index contributed by atoms with van der Waals surface area (Å²) < 4.78 is 26.7. The van der Waals surface area contributed by atoms with Crippen molar-refractivity contribution in [2.45, 2.75) is 75.3 Å². The van der Waals surface area contributed by atoms with E-state index in [-0.39, 0.29) is 29.9 Å². The zero-order chi connectivity index (χ0) is 27.7. The summed E-state index contributed by atoms with van der Waals surface area (Å²) in [6.07, 6.45) is -1.19. The largest absolute Gasteiger partial charge is 0.368 e. The first-order valence-corrected chi connectivity index (χ1v) is 14.8. The second kappa shape index (κ2) is 14.1. The molecule has 1 aliphatic heterocycles. The Morgan fingerprint density at radius 3 is 1.45 bits per heavy atom. The molecule has 5 rings (SSSR count). The third kappa shape index (κ3) is 7.42. The van der Waals surface area contributed by atoms with Crippen molar-refractivity contribution in [2.24, 2.45) is 0 Å². The molecule has 0 radical (unpaired) electrons. The van der Waals surface area contributed by atoms with Crippen LogP contribution in [0.15, 0.2) is 114 Å². The molecule has 0 N–H and O–H groups in total. The minimum Gasteiger partial charge on any atom is -0.368 e. The molecular weight excluding hydrogens is 516 g/mol. The maximum atomic E-state index is 6.73. The summed E-state index contributed by atoms with van der Waals surface area (Å²) in [5.74, 6) is 0. The summed E-state index contributed by atoms with van der Waals surface area (Å²) in [5, 5.41) is 0. The van der Waals surface area contributed by atoms with Crippen molar-refractivity contribution in [3.63, 3.8) is 0 Å². The van der Waals surface area contributed by atoms with Crippen molar-refractivity contribution in [1.29, 1.82) is 0 Å². The van der Waals surface area contributed by atoms with Crippen LogP contribution in [0.4, 0.5) is 0 Å². The first kappa shape index (κ1) is 28.6. The van der Waals surface area contributed by atoms with Crippen LogP contribution in [-0.4, -0.2) is 29.9 Å². The Bertz CT molecular complexity index is 1300. The third-order valence-corrected chi connectivity index (χ3v) is 8.72. The first-order chi connectivity index (χ1) is 19.6. The Labute approximate surface area is 242 Å². The van der Waals surface area contributed by atoms with Crippen LogP contribution in [0.2, 0.25) is 0 Å². The van der Waals surface area contributed by atoms with Gasteiger partial charge in [-0.2, -0.15) is 0 Å². The van der Waals surface area contributed by atoms with Gasteiger partial charge in [0.1, 0.15) is 23.7 Å². The zero-order valence-electron chi connectivity index (χ0n) is 23.4. The van der Waals surface area contributed by atoms with E-state index in [1.54, 1.807) is 11.8 Å². The zero-order valence-corrected chi connectivity index (χ0v) is 24.3. The average molecular weight is 555 g/mol. The molecule has 1 saturated heterocycles. The van der Waals surface area contributed by atoms with Crippen molar-refractivity contribution >= 4 is 11.8 Å². The highest BCUT2D eigenvalue weighted by Crippen LogP contribution is 2.40. The number of rotatable bonds is 11. The molecule has 0 aliphatic carbocycles. The number of hydrogen-bond acceptors (Lipinski definition) is 5. The molecule has 1 fully saturated rings. The molecule has 1 heterocycles.